The van der Waals surface area contributed by atoms with Gasteiger partial charge in [-0.05, 0) is 36.8 Å². The lowest BCUT2D eigenvalue weighted by atomic mass is 9.87. The number of nitrogens with one attached hydrogen (secondary N) is 1. The van der Waals surface area contributed by atoms with E-state index in [1.165, 1.54) is 30.4 Å². The van der Waals surface area contributed by atoms with Crippen LogP contribution in [-0.4, -0.2) is 17.8 Å². The second kappa shape index (κ2) is 5.46. The number of aliphatic hydroxyl groups is 1. The number of rotatable bonds is 4. The maximum Gasteiger partial charge on any atom is 0.0662 e. The van der Waals surface area contributed by atoms with Crippen LogP contribution in [0, 0.1) is 0 Å². The molecule has 0 heterocycles. The first-order valence-electron chi connectivity index (χ1n) is 6.30. The molecule has 2 atom stereocenters. The molecule has 2 heteroatoms. The van der Waals surface area contributed by atoms with E-state index in [-0.39, 0.29) is 6.10 Å². The summed E-state index contributed by atoms with van der Waals surface area (Å²) in [6.07, 6.45) is 4.24. The fraction of sp³-hybridized carbons (Fsp3) is 0.571. The predicted molar refractivity (Wildman–Crippen MR) is 66.4 cm³/mol. The highest BCUT2D eigenvalue weighted by Crippen LogP contribution is 2.29. The van der Waals surface area contributed by atoms with E-state index >= 15 is 0 Å². The number of aliphatic hydroxyl groups excluding tert-OH is 1. The molecule has 0 amide bonds. The third-order valence-corrected chi connectivity index (χ3v) is 3.44. The van der Waals surface area contributed by atoms with Crippen LogP contribution in [0.3, 0.4) is 0 Å². The highest BCUT2D eigenvalue weighted by molar-refractivity contribution is 5.32. The summed E-state index contributed by atoms with van der Waals surface area (Å²) in [5, 5.41) is 13.1. The van der Waals surface area contributed by atoms with Crippen LogP contribution in [0.4, 0.5) is 0 Å². The number of fused-ring (bicyclic) bond motifs is 1. The second-order valence-electron chi connectivity index (χ2n) is 4.61. The van der Waals surface area contributed by atoms with Gasteiger partial charge in [-0.3, -0.25) is 0 Å². The normalized spacial score (nSPS) is 21.5. The maximum absolute atomic E-state index is 9.57. The Morgan fingerprint density at radius 2 is 2.25 bits per heavy atom. The number of benzene rings is 1. The van der Waals surface area contributed by atoms with Crippen LogP contribution in [0.5, 0.6) is 0 Å². The average molecular weight is 219 g/mol. The van der Waals surface area contributed by atoms with Crippen molar-refractivity contribution in [2.45, 2.75) is 44.8 Å². The van der Waals surface area contributed by atoms with E-state index in [0.717, 1.165) is 6.42 Å². The van der Waals surface area contributed by atoms with Crippen molar-refractivity contribution in [1.82, 2.24) is 5.32 Å². The van der Waals surface area contributed by atoms with Gasteiger partial charge in [0.25, 0.3) is 0 Å². The molecule has 0 saturated carbocycles. The molecule has 1 aliphatic rings. The standard InChI is InChI=1S/C14H21NO/c1-2-12(16)10-15-14-9-5-7-11-6-3-4-8-13(11)14/h3-4,6,8,12,14-16H,2,5,7,9-10H2,1H3. The van der Waals surface area contributed by atoms with Crippen molar-refractivity contribution in [3.63, 3.8) is 0 Å². The lowest BCUT2D eigenvalue weighted by Crippen LogP contribution is -2.31. The molecule has 1 aromatic rings. The molecule has 0 fully saturated rings. The Bertz CT molecular complexity index is 337. The summed E-state index contributed by atoms with van der Waals surface area (Å²) in [5.74, 6) is 0. The van der Waals surface area contributed by atoms with E-state index in [1.54, 1.807) is 0 Å². The highest BCUT2D eigenvalue weighted by atomic mass is 16.3. The summed E-state index contributed by atoms with van der Waals surface area (Å²) in [7, 11) is 0. The van der Waals surface area contributed by atoms with E-state index in [9.17, 15) is 5.11 Å². The van der Waals surface area contributed by atoms with E-state index in [4.69, 9.17) is 0 Å². The molecule has 2 nitrogen and oxygen atoms in total. The monoisotopic (exact) mass is 219 g/mol. The average Bonchev–Trinajstić information content (AvgIpc) is 2.35. The van der Waals surface area contributed by atoms with Crippen molar-refractivity contribution in [1.29, 1.82) is 0 Å². The second-order valence-corrected chi connectivity index (χ2v) is 4.61. The first-order chi connectivity index (χ1) is 7.81. The minimum atomic E-state index is -0.214. The number of aryl methyl sites for hydroxylation is 1. The minimum absolute atomic E-state index is 0.214. The zero-order chi connectivity index (χ0) is 11.4. The van der Waals surface area contributed by atoms with Gasteiger partial charge in [-0.1, -0.05) is 31.2 Å². The van der Waals surface area contributed by atoms with Crippen molar-refractivity contribution in [3.05, 3.63) is 35.4 Å². The maximum atomic E-state index is 9.57. The first kappa shape index (κ1) is 11.6. The Hall–Kier alpha value is -0.860. The molecule has 2 unspecified atom stereocenters. The summed E-state index contributed by atoms with van der Waals surface area (Å²) in [6, 6.07) is 9.09. The van der Waals surface area contributed by atoms with Gasteiger partial charge in [-0.25, -0.2) is 0 Å². The fourth-order valence-corrected chi connectivity index (χ4v) is 2.39. The molecule has 1 aliphatic carbocycles. The molecule has 2 rings (SSSR count). The molecular weight excluding hydrogens is 198 g/mol. The van der Waals surface area contributed by atoms with Gasteiger partial charge in [0.1, 0.15) is 0 Å². The van der Waals surface area contributed by atoms with E-state index in [2.05, 4.69) is 29.6 Å². The molecular formula is C14H21NO. The summed E-state index contributed by atoms with van der Waals surface area (Å²) < 4.78 is 0. The fourth-order valence-electron chi connectivity index (χ4n) is 2.39. The summed E-state index contributed by atoms with van der Waals surface area (Å²) >= 11 is 0. The Labute approximate surface area is 97.7 Å². The lowest BCUT2D eigenvalue weighted by molar-refractivity contribution is 0.161. The van der Waals surface area contributed by atoms with Crippen molar-refractivity contribution in [2.24, 2.45) is 0 Å². The van der Waals surface area contributed by atoms with Crippen LogP contribution < -0.4 is 5.32 Å². The number of hydrogen-bond donors (Lipinski definition) is 2. The van der Waals surface area contributed by atoms with Crippen LogP contribution in [0.15, 0.2) is 24.3 Å². The molecule has 0 bridgehead atoms. The van der Waals surface area contributed by atoms with Crippen LogP contribution in [0.1, 0.15) is 43.4 Å². The Kier molecular flexibility index (Phi) is 3.97. The Morgan fingerprint density at radius 1 is 1.44 bits per heavy atom. The summed E-state index contributed by atoms with van der Waals surface area (Å²) in [6.45, 7) is 2.72. The Morgan fingerprint density at radius 3 is 3.06 bits per heavy atom. The molecule has 16 heavy (non-hydrogen) atoms. The van der Waals surface area contributed by atoms with Crippen molar-refractivity contribution in [2.75, 3.05) is 6.54 Å². The van der Waals surface area contributed by atoms with Crippen LogP contribution >= 0.6 is 0 Å². The zero-order valence-corrected chi connectivity index (χ0v) is 9.95. The molecule has 1 aromatic carbocycles. The van der Waals surface area contributed by atoms with Gasteiger partial charge in [0, 0.05) is 12.6 Å². The quantitative estimate of drug-likeness (QED) is 0.815. The van der Waals surface area contributed by atoms with E-state index in [1.807, 2.05) is 6.92 Å². The molecule has 0 saturated heterocycles. The molecule has 0 aliphatic heterocycles. The molecule has 0 aromatic heterocycles. The smallest absolute Gasteiger partial charge is 0.0662 e. The van der Waals surface area contributed by atoms with Crippen molar-refractivity contribution < 1.29 is 5.11 Å². The first-order valence-corrected chi connectivity index (χ1v) is 6.30. The third kappa shape index (κ3) is 2.63. The SMILES string of the molecule is CCC(O)CNC1CCCc2ccccc21. The van der Waals surface area contributed by atoms with Crippen molar-refractivity contribution in [3.8, 4) is 0 Å². The molecule has 2 N–H and O–H groups in total. The topological polar surface area (TPSA) is 32.3 Å². The molecule has 0 radical (unpaired) electrons. The van der Waals surface area contributed by atoms with E-state index in [0.29, 0.717) is 12.6 Å². The largest absolute Gasteiger partial charge is 0.392 e. The van der Waals surface area contributed by atoms with Crippen LogP contribution in [-0.2, 0) is 6.42 Å². The van der Waals surface area contributed by atoms with Gasteiger partial charge in [-0.15, -0.1) is 0 Å². The summed E-state index contributed by atoms with van der Waals surface area (Å²) in [4.78, 5) is 0. The van der Waals surface area contributed by atoms with E-state index < -0.39 is 0 Å². The third-order valence-electron chi connectivity index (χ3n) is 3.44. The van der Waals surface area contributed by atoms with Gasteiger partial charge in [0.2, 0.25) is 0 Å². The van der Waals surface area contributed by atoms with Gasteiger partial charge in [0.15, 0.2) is 0 Å². The summed E-state index contributed by atoms with van der Waals surface area (Å²) in [5.41, 5.74) is 2.90. The molecule has 0 spiro atoms. The number of hydrogen-bond acceptors (Lipinski definition) is 2. The van der Waals surface area contributed by atoms with Crippen molar-refractivity contribution >= 4 is 0 Å². The minimum Gasteiger partial charge on any atom is -0.392 e. The lowest BCUT2D eigenvalue weighted by Gasteiger charge is -2.27. The van der Waals surface area contributed by atoms with Gasteiger partial charge in [-0.2, -0.15) is 0 Å². The Balaban J connectivity index is 2.01. The predicted octanol–water partition coefficient (Wildman–Crippen LogP) is 2.42. The zero-order valence-electron chi connectivity index (χ0n) is 9.95. The van der Waals surface area contributed by atoms with Crippen LogP contribution in [0.2, 0.25) is 0 Å². The van der Waals surface area contributed by atoms with Crippen LogP contribution in [0.25, 0.3) is 0 Å². The van der Waals surface area contributed by atoms with Gasteiger partial charge >= 0.3 is 0 Å². The highest BCUT2D eigenvalue weighted by Gasteiger charge is 2.19. The van der Waals surface area contributed by atoms with Gasteiger partial charge in [0.05, 0.1) is 6.10 Å². The molecule has 88 valence electrons. The van der Waals surface area contributed by atoms with Gasteiger partial charge < -0.3 is 10.4 Å².